The van der Waals surface area contributed by atoms with Crippen molar-refractivity contribution < 1.29 is 9.72 Å². The molecule has 2 rings (SSSR count). The lowest BCUT2D eigenvalue weighted by Gasteiger charge is -2.26. The molecule has 0 spiro atoms. The molecule has 0 radical (unpaired) electrons. The fourth-order valence-corrected chi connectivity index (χ4v) is 2.17. The lowest BCUT2D eigenvalue weighted by atomic mass is 10.1. The van der Waals surface area contributed by atoms with Crippen LogP contribution in [0.15, 0.2) is 6.20 Å². The summed E-state index contributed by atoms with van der Waals surface area (Å²) in [7, 11) is 0. The van der Waals surface area contributed by atoms with Gasteiger partial charge in [0, 0.05) is 13.1 Å². The molecular weight excluding hydrogens is 286 g/mol. The van der Waals surface area contributed by atoms with E-state index in [4.69, 9.17) is 11.6 Å². The Kier molecular flexibility index (Phi) is 4.67. The van der Waals surface area contributed by atoms with E-state index in [2.05, 4.69) is 15.3 Å². The van der Waals surface area contributed by atoms with Gasteiger partial charge in [0.1, 0.15) is 6.20 Å². The maximum atomic E-state index is 12.0. The minimum Gasteiger partial charge on any atom is -0.355 e. The summed E-state index contributed by atoms with van der Waals surface area (Å²) >= 11 is 5.61. The highest BCUT2D eigenvalue weighted by molar-refractivity contribution is 6.28. The predicted octanol–water partition coefficient (Wildman–Crippen LogP) is 1.46. The van der Waals surface area contributed by atoms with Gasteiger partial charge in [0.05, 0.1) is 11.5 Å². The molecule has 2 heterocycles. The van der Waals surface area contributed by atoms with E-state index >= 15 is 0 Å². The van der Waals surface area contributed by atoms with Crippen LogP contribution >= 0.6 is 11.6 Å². The Morgan fingerprint density at radius 1 is 1.45 bits per heavy atom. The second-order valence-electron chi connectivity index (χ2n) is 4.42. The first-order valence-corrected chi connectivity index (χ1v) is 6.64. The van der Waals surface area contributed by atoms with Crippen LogP contribution in [0.3, 0.4) is 0 Å². The SMILES string of the molecule is O=C(CNc1nc(Cl)ncc1[N+](=O)[O-])N1CCCCC1. The Hall–Kier alpha value is -1.96. The zero-order chi connectivity index (χ0) is 14.5. The van der Waals surface area contributed by atoms with E-state index in [1.165, 1.54) is 0 Å². The summed E-state index contributed by atoms with van der Waals surface area (Å²) in [5.74, 6) is -0.144. The van der Waals surface area contributed by atoms with E-state index in [1.54, 1.807) is 4.90 Å². The van der Waals surface area contributed by atoms with Crippen LogP contribution in [0.2, 0.25) is 5.28 Å². The minimum absolute atomic E-state index is 0.0413. The highest BCUT2D eigenvalue weighted by Crippen LogP contribution is 2.21. The fourth-order valence-electron chi connectivity index (χ4n) is 2.03. The van der Waals surface area contributed by atoms with Crippen molar-refractivity contribution in [2.45, 2.75) is 19.3 Å². The van der Waals surface area contributed by atoms with Crippen LogP contribution in [0.5, 0.6) is 0 Å². The van der Waals surface area contributed by atoms with E-state index in [9.17, 15) is 14.9 Å². The number of rotatable bonds is 4. The van der Waals surface area contributed by atoms with Gasteiger partial charge in [-0.15, -0.1) is 0 Å². The minimum atomic E-state index is -0.621. The third kappa shape index (κ3) is 3.53. The van der Waals surface area contributed by atoms with Gasteiger partial charge in [0.2, 0.25) is 17.0 Å². The van der Waals surface area contributed by atoms with Crippen molar-refractivity contribution in [1.29, 1.82) is 0 Å². The molecule has 108 valence electrons. The Balaban J connectivity index is 2.01. The number of nitrogens with zero attached hydrogens (tertiary/aromatic N) is 4. The summed E-state index contributed by atoms with van der Waals surface area (Å²) in [6.07, 6.45) is 4.13. The van der Waals surface area contributed by atoms with Crippen LogP contribution in [0.25, 0.3) is 0 Å². The Morgan fingerprint density at radius 2 is 2.15 bits per heavy atom. The van der Waals surface area contributed by atoms with Gasteiger partial charge in [0.15, 0.2) is 0 Å². The van der Waals surface area contributed by atoms with Crippen molar-refractivity contribution in [2.24, 2.45) is 0 Å². The molecule has 0 aliphatic carbocycles. The quantitative estimate of drug-likeness (QED) is 0.513. The van der Waals surface area contributed by atoms with Crippen molar-refractivity contribution >= 4 is 29.0 Å². The summed E-state index contributed by atoms with van der Waals surface area (Å²) in [5.41, 5.74) is -0.305. The van der Waals surface area contributed by atoms with Crippen LogP contribution in [-0.2, 0) is 4.79 Å². The van der Waals surface area contributed by atoms with Crippen LogP contribution in [0.1, 0.15) is 19.3 Å². The van der Waals surface area contributed by atoms with Gasteiger partial charge in [-0.2, -0.15) is 4.98 Å². The Labute approximate surface area is 120 Å². The van der Waals surface area contributed by atoms with Gasteiger partial charge in [0.25, 0.3) is 0 Å². The number of nitro groups is 1. The number of aromatic nitrogens is 2. The van der Waals surface area contributed by atoms with Crippen LogP contribution in [0, 0.1) is 10.1 Å². The number of hydrogen-bond acceptors (Lipinski definition) is 6. The second-order valence-corrected chi connectivity index (χ2v) is 4.76. The molecule has 0 atom stereocenters. The first-order chi connectivity index (χ1) is 9.58. The summed E-state index contributed by atoms with van der Waals surface area (Å²) in [5, 5.41) is 13.4. The van der Waals surface area contributed by atoms with Crippen LogP contribution in [0.4, 0.5) is 11.5 Å². The van der Waals surface area contributed by atoms with E-state index < -0.39 is 4.92 Å². The number of piperidine rings is 1. The molecular formula is C11H14ClN5O3. The van der Waals surface area contributed by atoms with Gasteiger partial charge >= 0.3 is 5.69 Å². The predicted molar refractivity (Wildman–Crippen MR) is 72.6 cm³/mol. The molecule has 20 heavy (non-hydrogen) atoms. The third-order valence-electron chi connectivity index (χ3n) is 3.05. The van der Waals surface area contributed by atoms with Crippen LogP contribution < -0.4 is 5.32 Å². The molecule has 0 aromatic carbocycles. The molecule has 0 bridgehead atoms. The zero-order valence-electron chi connectivity index (χ0n) is 10.7. The van der Waals surface area contributed by atoms with Gasteiger partial charge in [-0.25, -0.2) is 4.98 Å². The fraction of sp³-hybridized carbons (Fsp3) is 0.545. The molecule has 8 nitrogen and oxygen atoms in total. The van der Waals surface area contributed by atoms with Crippen molar-refractivity contribution in [3.63, 3.8) is 0 Å². The van der Waals surface area contributed by atoms with Gasteiger partial charge in [-0.1, -0.05) is 0 Å². The van der Waals surface area contributed by atoms with E-state index in [0.29, 0.717) is 0 Å². The molecule has 1 aliphatic heterocycles. The molecule has 1 aliphatic rings. The Bertz CT molecular complexity index is 519. The molecule has 1 aromatic rings. The lowest BCUT2D eigenvalue weighted by molar-refractivity contribution is -0.384. The number of hydrogen-bond donors (Lipinski definition) is 1. The average molecular weight is 300 g/mol. The summed E-state index contributed by atoms with van der Waals surface area (Å²) in [4.78, 5) is 31.2. The van der Waals surface area contributed by atoms with Crippen molar-refractivity contribution in [2.75, 3.05) is 25.0 Å². The zero-order valence-corrected chi connectivity index (χ0v) is 11.5. The summed E-state index contributed by atoms with van der Waals surface area (Å²) < 4.78 is 0. The highest BCUT2D eigenvalue weighted by Gasteiger charge is 2.20. The first kappa shape index (κ1) is 14.4. The highest BCUT2D eigenvalue weighted by atomic mass is 35.5. The average Bonchev–Trinajstić information content (AvgIpc) is 2.45. The molecule has 1 fully saturated rings. The van der Waals surface area contributed by atoms with Crippen molar-refractivity contribution in [3.8, 4) is 0 Å². The van der Waals surface area contributed by atoms with Crippen molar-refractivity contribution in [3.05, 3.63) is 21.6 Å². The molecule has 0 unspecified atom stereocenters. The maximum absolute atomic E-state index is 12.0. The Morgan fingerprint density at radius 3 is 2.80 bits per heavy atom. The topological polar surface area (TPSA) is 101 Å². The summed E-state index contributed by atoms with van der Waals surface area (Å²) in [6, 6.07) is 0. The molecule has 1 N–H and O–H groups in total. The number of nitrogens with one attached hydrogen (secondary N) is 1. The number of carbonyl (C=O) groups excluding carboxylic acids is 1. The van der Waals surface area contributed by atoms with E-state index in [0.717, 1.165) is 38.5 Å². The normalized spacial score (nSPS) is 14.9. The van der Waals surface area contributed by atoms with Crippen LogP contribution in [-0.4, -0.2) is 45.3 Å². The molecule has 1 amide bonds. The molecule has 0 saturated carbocycles. The second kappa shape index (κ2) is 6.47. The van der Waals surface area contributed by atoms with Gasteiger partial charge < -0.3 is 10.2 Å². The third-order valence-corrected chi connectivity index (χ3v) is 3.23. The number of amides is 1. The molecule has 1 saturated heterocycles. The number of halogens is 1. The number of carbonyl (C=O) groups is 1. The number of likely N-dealkylation sites (tertiary alicyclic amines) is 1. The van der Waals surface area contributed by atoms with E-state index in [1.807, 2.05) is 0 Å². The van der Waals surface area contributed by atoms with Gasteiger partial charge in [-0.05, 0) is 30.9 Å². The smallest absolute Gasteiger partial charge is 0.329 e. The molecule has 9 heteroatoms. The van der Waals surface area contributed by atoms with E-state index in [-0.39, 0.29) is 29.2 Å². The first-order valence-electron chi connectivity index (χ1n) is 6.26. The lowest BCUT2D eigenvalue weighted by Crippen LogP contribution is -2.39. The van der Waals surface area contributed by atoms with Crippen molar-refractivity contribution in [1.82, 2.24) is 14.9 Å². The monoisotopic (exact) mass is 299 g/mol. The molecule has 1 aromatic heterocycles. The standard InChI is InChI=1S/C11H14ClN5O3/c12-11-14-6-8(17(19)20)10(15-11)13-7-9(18)16-4-2-1-3-5-16/h6H,1-5,7H2,(H,13,14,15). The number of anilines is 1. The largest absolute Gasteiger partial charge is 0.355 e. The summed E-state index contributed by atoms with van der Waals surface area (Å²) in [6.45, 7) is 1.41. The van der Waals surface area contributed by atoms with Gasteiger partial charge in [-0.3, -0.25) is 14.9 Å². The maximum Gasteiger partial charge on any atom is 0.329 e.